The van der Waals surface area contributed by atoms with E-state index in [2.05, 4.69) is 65.7 Å². The van der Waals surface area contributed by atoms with Crippen LogP contribution in [0.15, 0.2) is 158 Å². The lowest BCUT2D eigenvalue weighted by atomic mass is 9.94. The van der Waals surface area contributed by atoms with Crippen molar-refractivity contribution >= 4 is 126 Å². The van der Waals surface area contributed by atoms with Crippen molar-refractivity contribution in [3.8, 4) is 23.0 Å². The van der Waals surface area contributed by atoms with Gasteiger partial charge in [0.15, 0.2) is 0 Å². The number of nitrogens with one attached hydrogen (secondary N) is 5. The topological polar surface area (TPSA) is 291 Å². The van der Waals surface area contributed by atoms with Crippen molar-refractivity contribution in [2.45, 2.75) is 73.3 Å². The summed E-state index contributed by atoms with van der Waals surface area (Å²) in [7, 11) is 11.2. The highest BCUT2D eigenvalue weighted by atomic mass is 16.6. The van der Waals surface area contributed by atoms with E-state index >= 15 is 0 Å². The number of rotatable bonds is 13. The second kappa shape index (κ2) is 31.1. The summed E-state index contributed by atoms with van der Waals surface area (Å²) in [5.74, 6) is 6.18. The molecule has 0 radical (unpaired) electrons. The normalized spacial score (nSPS) is 15.2. The molecule has 550 valence electrons. The van der Waals surface area contributed by atoms with Crippen molar-refractivity contribution in [2.75, 3.05) is 74.2 Å². The Morgan fingerprint density at radius 1 is 0.550 bits per heavy atom. The van der Waals surface area contributed by atoms with Gasteiger partial charge in [0.05, 0.1) is 83.4 Å². The molecule has 6 aromatic carbocycles. The zero-order valence-corrected chi connectivity index (χ0v) is 62.9. The van der Waals surface area contributed by atoms with Crippen LogP contribution in [0, 0.1) is 63.5 Å². The summed E-state index contributed by atoms with van der Waals surface area (Å²) < 4.78 is 0. The van der Waals surface area contributed by atoms with E-state index in [1.807, 2.05) is 200 Å². The Hall–Kier alpha value is -13.2. The number of nitrogens with zero attached hydrogens (tertiary/aromatic N) is 9. The number of anilines is 5. The molecule has 4 aliphatic rings. The number of aliphatic hydroxyl groups excluding tert-OH is 1. The molecule has 4 aliphatic heterocycles. The SMILES string of the molecule is CN1C(=O)/C(=C\c2ccc[nH]2)c2c(-c3cccc(N)c3)cccc21.Cc1cc[nH]c1/C=C1\C(=O)N(C)c2ccc([N+](=O)[O-])c(C#CC(O)c3ccc(CCCCCN(C)C)cc3)c21.Cc1cc[nH]c1/C=C1\C(=O)N(C)c2ccc3nc(C)c(C)nc3c21.Cc1nc2c3c(ccc2[nH]1)N(C)C(=O)/C3=C\c1[nH]ccc1C. The van der Waals surface area contributed by atoms with Gasteiger partial charge in [0, 0.05) is 110 Å². The van der Waals surface area contributed by atoms with Gasteiger partial charge in [-0.3, -0.25) is 29.3 Å². The minimum Gasteiger partial charge on any atom is -0.399 e. The van der Waals surface area contributed by atoms with Crippen LogP contribution in [0.25, 0.3) is 79.8 Å². The molecule has 8 N–H and O–H groups in total. The van der Waals surface area contributed by atoms with Gasteiger partial charge >= 0.3 is 0 Å². The molecule has 1 atom stereocenters. The summed E-state index contributed by atoms with van der Waals surface area (Å²) in [4.78, 5) is 101. The van der Waals surface area contributed by atoms with E-state index in [4.69, 9.17) is 10.7 Å². The maximum atomic E-state index is 13.1. The fourth-order valence-electron chi connectivity index (χ4n) is 14.0. The van der Waals surface area contributed by atoms with Gasteiger partial charge in [-0.15, -0.1) is 0 Å². The molecule has 22 nitrogen and oxygen atoms in total. The molecule has 0 spiro atoms. The molecule has 0 saturated carbocycles. The Bertz CT molecular complexity index is 5790. The van der Waals surface area contributed by atoms with E-state index < -0.39 is 11.0 Å². The number of benzene rings is 6. The van der Waals surface area contributed by atoms with Crippen molar-refractivity contribution in [3.05, 3.63) is 264 Å². The molecule has 0 bridgehead atoms. The Morgan fingerprint density at radius 2 is 1.08 bits per heavy atom. The number of nitro benzene ring substituents is 1. The number of hydrogen-bond acceptors (Lipinski definition) is 12. The van der Waals surface area contributed by atoms with Crippen LogP contribution in [-0.4, -0.2) is 127 Å². The molecule has 10 heterocycles. The quantitative estimate of drug-likeness (QED) is 0.0142. The van der Waals surface area contributed by atoms with Crippen LogP contribution < -0.4 is 25.3 Å². The highest BCUT2D eigenvalue weighted by Gasteiger charge is 2.38. The number of carbonyl (C=O) groups excluding carboxylic acids is 4. The van der Waals surface area contributed by atoms with E-state index in [0.717, 1.165) is 156 Å². The Labute approximate surface area is 631 Å². The lowest BCUT2D eigenvalue weighted by Gasteiger charge is -2.11. The van der Waals surface area contributed by atoms with E-state index in [1.165, 1.54) is 16.5 Å². The maximum Gasteiger partial charge on any atom is 0.285 e. The van der Waals surface area contributed by atoms with Crippen LogP contribution >= 0.6 is 0 Å². The van der Waals surface area contributed by atoms with Crippen molar-refractivity contribution in [3.63, 3.8) is 0 Å². The first-order valence-electron chi connectivity index (χ1n) is 35.9. The number of carbonyl (C=O) groups is 4. The van der Waals surface area contributed by atoms with Gasteiger partial charge in [0.1, 0.15) is 17.5 Å². The van der Waals surface area contributed by atoms with Gasteiger partial charge in [0.25, 0.3) is 29.3 Å². The zero-order valence-electron chi connectivity index (χ0n) is 62.9. The van der Waals surface area contributed by atoms with Gasteiger partial charge in [-0.1, -0.05) is 66.8 Å². The second-order valence-corrected chi connectivity index (χ2v) is 27.9. The third kappa shape index (κ3) is 14.9. The van der Waals surface area contributed by atoms with Crippen molar-refractivity contribution in [1.29, 1.82) is 0 Å². The smallest absolute Gasteiger partial charge is 0.285 e. The number of fused-ring (bicyclic) bond motifs is 8. The average molecular weight is 1450 g/mol. The number of imidazole rings is 1. The minimum atomic E-state index is -1.14. The number of aromatic amines is 5. The van der Waals surface area contributed by atoms with Crippen molar-refractivity contribution < 1.29 is 29.2 Å². The molecular weight excluding hydrogens is 1370 g/mol. The molecule has 12 aromatic rings. The van der Waals surface area contributed by atoms with Gasteiger partial charge in [-0.2, -0.15) is 0 Å². The van der Waals surface area contributed by atoms with Crippen LogP contribution in [0.1, 0.15) is 121 Å². The summed E-state index contributed by atoms with van der Waals surface area (Å²) in [5, 5.41) is 22.7. The number of nitro groups is 1. The van der Waals surface area contributed by atoms with Crippen LogP contribution in [0.2, 0.25) is 0 Å². The number of likely N-dealkylation sites (N-methyl/N-ethyl adjacent to an activating group) is 4. The summed E-state index contributed by atoms with van der Waals surface area (Å²) in [6.45, 7) is 12.8. The molecule has 0 saturated heterocycles. The molecule has 22 heteroatoms. The third-order valence-corrected chi connectivity index (χ3v) is 20.2. The van der Waals surface area contributed by atoms with Crippen molar-refractivity contribution in [2.24, 2.45) is 0 Å². The minimum absolute atomic E-state index is 0.00264. The van der Waals surface area contributed by atoms with Crippen LogP contribution in [0.3, 0.4) is 0 Å². The zero-order chi connectivity index (χ0) is 77.2. The van der Waals surface area contributed by atoms with Gasteiger partial charge in [-0.25, -0.2) is 15.0 Å². The van der Waals surface area contributed by atoms with Crippen LogP contribution in [0.5, 0.6) is 0 Å². The van der Waals surface area contributed by atoms with Crippen LogP contribution in [-0.2, 0) is 25.6 Å². The number of hydrogen-bond donors (Lipinski definition) is 7. The number of unbranched alkanes of at least 4 members (excludes halogenated alkanes) is 2. The van der Waals surface area contributed by atoms with Gasteiger partial charge in [0.2, 0.25) is 0 Å². The first-order chi connectivity index (χ1) is 52.3. The number of amides is 4. The molecule has 16 rings (SSSR count). The monoisotopic (exact) mass is 1450 g/mol. The molecule has 109 heavy (non-hydrogen) atoms. The first-order valence-corrected chi connectivity index (χ1v) is 35.9. The molecule has 0 fully saturated rings. The number of aliphatic hydroxyl groups is 1. The molecular formula is C87H85N15O7. The van der Waals surface area contributed by atoms with Crippen LogP contribution in [0.4, 0.5) is 34.1 Å². The average Bonchev–Trinajstić information content (AvgIpc) is 1.63. The highest BCUT2D eigenvalue weighted by Crippen LogP contribution is 2.47. The first kappa shape index (κ1) is 74.1. The fourth-order valence-corrected chi connectivity index (χ4v) is 14.0. The fraction of sp³-hybridized carbons (Fsp3) is 0.207. The predicted molar refractivity (Wildman–Crippen MR) is 436 cm³/mol. The highest BCUT2D eigenvalue weighted by molar-refractivity contribution is 6.40. The molecule has 1 unspecified atom stereocenters. The number of nitrogens with two attached hydrogens (primary N) is 1. The largest absolute Gasteiger partial charge is 0.399 e. The molecule has 0 aliphatic carbocycles. The standard InChI is InChI=1S/C31H34N4O4.C20H17N3O.C19H18N4O.C17H16N4O/c1-21-17-18-32-26(21)20-25-30-24(27(35(38)39)14-15-28(30)34(4)31(25)37)13-16-29(36)23-11-9-22(10-12-23)8-6-5-7-19-33(2)3;1-23-18-9-3-8-16(13-5-2-6-14(21)11-13)19(18)17(20(23)24)12-15-7-4-10-22-15;1-10-7-8-20-15(10)9-13-17-16(23(4)19(13)24)6-5-14-18(17)22-12(3)11(2)21-14;1-9-6-7-18-13(9)8-11-15-14(21(3)17(11)22)5-4-12-16(15)20-10(2)19-12/h9-12,14-15,17-18,20,29,32,36H,5-8,19H2,1-4H3;2-12,22H,21H2,1H3;5-9,20H,1-4H3;4-8,18H,1-3H3,(H,19,20)/b25-20-;17-12-;13-9-;11-8-. The number of H-pyrrole nitrogens is 5. The predicted octanol–water partition coefficient (Wildman–Crippen LogP) is 15.3. The van der Waals surface area contributed by atoms with E-state index in [-0.39, 0.29) is 34.9 Å². The summed E-state index contributed by atoms with van der Waals surface area (Å²) in [6, 6.07) is 41.8. The van der Waals surface area contributed by atoms with E-state index in [0.29, 0.717) is 44.8 Å². The van der Waals surface area contributed by atoms with E-state index in [1.54, 1.807) is 61.2 Å². The second-order valence-electron chi connectivity index (χ2n) is 27.9. The lowest BCUT2D eigenvalue weighted by molar-refractivity contribution is -0.385. The summed E-state index contributed by atoms with van der Waals surface area (Å²) >= 11 is 0. The number of nitrogen functional groups attached to an aromatic ring is 1. The van der Waals surface area contributed by atoms with Crippen molar-refractivity contribution in [1.82, 2.24) is 44.8 Å². The summed E-state index contributed by atoms with van der Waals surface area (Å²) in [6.07, 6.45) is 18.1. The number of aromatic nitrogens is 8. The Kier molecular flexibility index (Phi) is 21.1. The maximum absolute atomic E-state index is 13.1. The lowest BCUT2D eigenvalue weighted by Crippen LogP contribution is -2.20. The molecule has 6 aromatic heterocycles. The molecule has 4 amide bonds. The summed E-state index contributed by atoms with van der Waals surface area (Å²) in [5.41, 5.74) is 30.9. The third-order valence-electron chi connectivity index (χ3n) is 20.2. The number of aryl methyl sites for hydroxylation is 7. The van der Waals surface area contributed by atoms with Gasteiger partial charge in [-0.05, 0) is 224 Å². The Morgan fingerprint density at radius 3 is 1.63 bits per heavy atom. The van der Waals surface area contributed by atoms with Gasteiger partial charge < -0.3 is 60.3 Å². The van der Waals surface area contributed by atoms with E-state index in [9.17, 15) is 34.4 Å². The Balaban J connectivity index is 0.000000132.